The molecule has 2 aromatic rings. The lowest BCUT2D eigenvalue weighted by atomic mass is 9.84. The first kappa shape index (κ1) is 18.0. The molecule has 2 aromatic carbocycles. The summed E-state index contributed by atoms with van der Waals surface area (Å²) in [6.07, 6.45) is 2.06. The van der Waals surface area contributed by atoms with E-state index in [0.717, 1.165) is 29.7 Å². The number of aliphatic hydroxyl groups excluding tert-OH is 1. The van der Waals surface area contributed by atoms with Crippen LogP contribution in [0.25, 0.3) is 11.1 Å². The first-order valence-corrected chi connectivity index (χ1v) is 8.89. The topological polar surface area (TPSA) is 20.2 Å². The van der Waals surface area contributed by atoms with Crippen LogP contribution in [0.3, 0.4) is 0 Å². The maximum absolute atomic E-state index is 12.8. The van der Waals surface area contributed by atoms with Crippen molar-refractivity contribution in [3.8, 4) is 11.1 Å². The number of alkyl halides is 3. The zero-order valence-corrected chi connectivity index (χ0v) is 14.1. The molecule has 0 amide bonds. The molecular weight excluding hydrogens is 325 g/mol. The fourth-order valence-corrected chi connectivity index (χ4v) is 3.65. The van der Waals surface area contributed by atoms with Crippen LogP contribution in [0.15, 0.2) is 48.5 Å². The minimum Gasteiger partial charge on any atom is -0.388 e. The first-order chi connectivity index (χ1) is 11.9. The molecule has 0 spiro atoms. The molecule has 0 unspecified atom stereocenters. The number of hydrogen-bond acceptors (Lipinski definition) is 1. The summed E-state index contributed by atoms with van der Waals surface area (Å²) in [5.74, 6) is 0.576. The summed E-state index contributed by atoms with van der Waals surface area (Å²) < 4.78 is 38.5. The van der Waals surface area contributed by atoms with Crippen LogP contribution >= 0.6 is 0 Å². The Morgan fingerprint density at radius 3 is 2.24 bits per heavy atom. The summed E-state index contributed by atoms with van der Waals surface area (Å²) >= 11 is 0. The van der Waals surface area contributed by atoms with E-state index < -0.39 is 17.8 Å². The van der Waals surface area contributed by atoms with Crippen molar-refractivity contribution in [3.05, 3.63) is 59.7 Å². The molecule has 1 atom stereocenters. The highest BCUT2D eigenvalue weighted by Gasteiger charge is 2.30. The van der Waals surface area contributed by atoms with Crippen molar-refractivity contribution in [1.82, 2.24) is 0 Å². The van der Waals surface area contributed by atoms with E-state index in [4.69, 9.17) is 0 Å². The van der Waals surface area contributed by atoms with E-state index in [9.17, 15) is 18.3 Å². The summed E-state index contributed by atoms with van der Waals surface area (Å²) in [6.45, 7) is 0. The van der Waals surface area contributed by atoms with Crippen molar-refractivity contribution >= 4 is 0 Å². The molecule has 0 aromatic heterocycles. The van der Waals surface area contributed by atoms with Gasteiger partial charge >= 0.3 is 6.18 Å². The number of halogens is 3. The van der Waals surface area contributed by atoms with Crippen molar-refractivity contribution < 1.29 is 18.3 Å². The quantitative estimate of drug-likeness (QED) is 0.680. The van der Waals surface area contributed by atoms with Gasteiger partial charge in [-0.1, -0.05) is 68.5 Å². The lowest BCUT2D eigenvalue weighted by molar-refractivity contribution is -0.137. The van der Waals surface area contributed by atoms with Gasteiger partial charge < -0.3 is 5.11 Å². The van der Waals surface area contributed by atoms with Gasteiger partial charge in [-0.2, -0.15) is 13.2 Å². The van der Waals surface area contributed by atoms with E-state index in [2.05, 4.69) is 0 Å². The molecule has 1 aliphatic rings. The molecule has 0 heterocycles. The van der Waals surface area contributed by atoms with Crippen LogP contribution in [-0.4, -0.2) is 5.11 Å². The van der Waals surface area contributed by atoms with Gasteiger partial charge in [0.05, 0.1) is 11.7 Å². The van der Waals surface area contributed by atoms with Gasteiger partial charge in [-0.05, 0) is 41.2 Å². The van der Waals surface area contributed by atoms with E-state index in [0.29, 0.717) is 11.5 Å². The molecule has 1 aliphatic carbocycles. The Morgan fingerprint density at radius 2 is 1.60 bits per heavy atom. The Bertz CT molecular complexity index is 685. The normalized spacial score (nSPS) is 17.4. The lowest BCUT2D eigenvalue weighted by Crippen LogP contribution is -2.11. The van der Waals surface area contributed by atoms with Crippen molar-refractivity contribution in [1.29, 1.82) is 0 Å². The lowest BCUT2D eigenvalue weighted by Gasteiger charge is -2.24. The Labute approximate surface area is 146 Å². The number of rotatable bonds is 4. The molecule has 0 radical (unpaired) electrons. The van der Waals surface area contributed by atoms with E-state index in [1.165, 1.54) is 38.2 Å². The van der Waals surface area contributed by atoms with Crippen LogP contribution < -0.4 is 0 Å². The molecule has 134 valence electrons. The second kappa shape index (κ2) is 7.61. The minimum atomic E-state index is -4.34. The Kier molecular flexibility index (Phi) is 5.48. The molecule has 25 heavy (non-hydrogen) atoms. The Balaban J connectivity index is 1.71. The Morgan fingerprint density at radius 1 is 0.920 bits per heavy atom. The number of hydrogen-bond donors (Lipinski definition) is 1. The van der Waals surface area contributed by atoms with Gasteiger partial charge in [-0.15, -0.1) is 0 Å². The second-order valence-corrected chi connectivity index (χ2v) is 6.96. The summed E-state index contributed by atoms with van der Waals surface area (Å²) in [4.78, 5) is 0. The number of aliphatic hydroxyl groups is 1. The van der Waals surface area contributed by atoms with Crippen LogP contribution in [0.4, 0.5) is 13.2 Å². The van der Waals surface area contributed by atoms with Gasteiger partial charge in [0.1, 0.15) is 0 Å². The minimum absolute atomic E-state index is 0.501. The van der Waals surface area contributed by atoms with Crippen LogP contribution in [0.2, 0.25) is 0 Å². The van der Waals surface area contributed by atoms with Gasteiger partial charge in [-0.3, -0.25) is 0 Å². The van der Waals surface area contributed by atoms with Crippen molar-refractivity contribution in [3.63, 3.8) is 0 Å². The molecule has 0 aliphatic heterocycles. The van der Waals surface area contributed by atoms with E-state index in [1.54, 1.807) is 18.2 Å². The molecular formula is C21H23F3O. The summed E-state index contributed by atoms with van der Waals surface area (Å²) in [5.41, 5.74) is 1.44. The molecule has 3 rings (SSSR count). The molecule has 1 saturated carbocycles. The zero-order valence-electron chi connectivity index (χ0n) is 14.1. The van der Waals surface area contributed by atoms with E-state index in [1.807, 2.05) is 12.1 Å². The summed E-state index contributed by atoms with van der Waals surface area (Å²) in [5, 5.41) is 10.4. The zero-order chi connectivity index (χ0) is 17.9. The maximum atomic E-state index is 12.8. The van der Waals surface area contributed by atoms with Gasteiger partial charge in [-0.25, -0.2) is 0 Å². The fraction of sp³-hybridized carbons (Fsp3) is 0.429. The van der Waals surface area contributed by atoms with Crippen LogP contribution in [0.5, 0.6) is 0 Å². The first-order valence-electron chi connectivity index (χ1n) is 8.89. The van der Waals surface area contributed by atoms with E-state index >= 15 is 0 Å². The predicted molar refractivity (Wildman–Crippen MR) is 93.0 cm³/mol. The average Bonchev–Trinajstić information content (AvgIpc) is 2.62. The van der Waals surface area contributed by atoms with Crippen LogP contribution in [0.1, 0.15) is 55.8 Å². The highest BCUT2D eigenvalue weighted by Crippen LogP contribution is 2.34. The van der Waals surface area contributed by atoms with E-state index in [-0.39, 0.29) is 0 Å². The predicted octanol–water partition coefficient (Wildman–Crippen LogP) is 6.38. The average molecular weight is 348 g/mol. The molecule has 1 N–H and O–H groups in total. The van der Waals surface area contributed by atoms with Crippen LogP contribution in [0, 0.1) is 5.92 Å². The molecule has 1 fully saturated rings. The molecule has 0 saturated heterocycles. The molecule has 0 bridgehead atoms. The largest absolute Gasteiger partial charge is 0.416 e. The molecule has 4 heteroatoms. The van der Waals surface area contributed by atoms with Crippen molar-refractivity contribution in [2.75, 3.05) is 0 Å². The third-order valence-electron chi connectivity index (χ3n) is 5.10. The monoisotopic (exact) mass is 348 g/mol. The highest BCUT2D eigenvalue weighted by molar-refractivity contribution is 5.64. The third-order valence-corrected chi connectivity index (χ3v) is 5.10. The van der Waals surface area contributed by atoms with Crippen LogP contribution in [-0.2, 0) is 6.18 Å². The van der Waals surface area contributed by atoms with Gasteiger partial charge in [0.2, 0.25) is 0 Å². The highest BCUT2D eigenvalue weighted by atomic mass is 19.4. The Hall–Kier alpha value is -1.81. The van der Waals surface area contributed by atoms with Crippen molar-refractivity contribution in [2.24, 2.45) is 5.92 Å². The van der Waals surface area contributed by atoms with Crippen molar-refractivity contribution in [2.45, 2.75) is 50.8 Å². The maximum Gasteiger partial charge on any atom is 0.416 e. The van der Waals surface area contributed by atoms with Gasteiger partial charge in [0.25, 0.3) is 0 Å². The second-order valence-electron chi connectivity index (χ2n) is 6.96. The standard InChI is InChI=1S/C21H23F3O/c22-21(23,24)19-8-4-7-18(14-19)16-9-11-17(12-10-16)20(25)13-15-5-2-1-3-6-15/h4,7-12,14-15,20,25H,1-3,5-6,13H2/t20-/m0/s1. The summed E-state index contributed by atoms with van der Waals surface area (Å²) in [7, 11) is 0. The van der Waals surface area contributed by atoms with Gasteiger partial charge in [0.15, 0.2) is 0 Å². The third kappa shape index (κ3) is 4.63. The molecule has 1 nitrogen and oxygen atoms in total. The number of benzene rings is 2. The fourth-order valence-electron chi connectivity index (χ4n) is 3.65. The summed E-state index contributed by atoms with van der Waals surface area (Å²) in [6, 6.07) is 12.5. The smallest absolute Gasteiger partial charge is 0.388 e. The van der Waals surface area contributed by atoms with Gasteiger partial charge in [0, 0.05) is 0 Å². The SMILES string of the molecule is O[C@@H](CC1CCCCC1)c1ccc(-c2cccc(C(F)(F)F)c2)cc1.